The fourth-order valence-electron chi connectivity index (χ4n) is 1.37. The van der Waals surface area contributed by atoms with Crippen molar-refractivity contribution in [1.29, 1.82) is 0 Å². The average Bonchev–Trinajstić information content (AvgIpc) is 2.29. The number of rotatable bonds is 3. The van der Waals surface area contributed by atoms with Crippen molar-refractivity contribution >= 4 is 10.9 Å². The van der Waals surface area contributed by atoms with Crippen LogP contribution >= 0.6 is 0 Å². The average molecular weight is 199 g/mol. The number of nitrogens with zero attached hydrogens (tertiary/aromatic N) is 1. The van der Waals surface area contributed by atoms with Crippen LogP contribution in [0.1, 0.15) is 6.92 Å². The van der Waals surface area contributed by atoms with Crippen LogP contribution in [0, 0.1) is 0 Å². The lowest BCUT2D eigenvalue weighted by Crippen LogP contribution is -1.93. The van der Waals surface area contributed by atoms with E-state index >= 15 is 0 Å². The zero-order chi connectivity index (χ0) is 10.5. The van der Waals surface area contributed by atoms with Gasteiger partial charge in [0, 0.05) is 5.39 Å². The van der Waals surface area contributed by atoms with Gasteiger partial charge in [0.2, 0.25) is 0 Å². The molecule has 0 saturated heterocycles. The van der Waals surface area contributed by atoms with Crippen LogP contribution in [0.4, 0.5) is 0 Å². The van der Waals surface area contributed by atoms with Crippen molar-refractivity contribution in [2.75, 3.05) is 6.61 Å². The molecule has 0 spiro atoms. The molecule has 0 saturated carbocycles. The van der Waals surface area contributed by atoms with Gasteiger partial charge < -0.3 is 4.74 Å². The van der Waals surface area contributed by atoms with Gasteiger partial charge in [-0.2, -0.15) is 0 Å². The third-order valence-corrected chi connectivity index (χ3v) is 2.15. The Morgan fingerprint density at radius 1 is 1.33 bits per heavy atom. The molecule has 0 amide bonds. The minimum Gasteiger partial charge on any atom is -0.488 e. The van der Waals surface area contributed by atoms with Crippen LogP contribution in [-0.2, 0) is 0 Å². The Hall–Kier alpha value is -1.83. The molecule has 1 aromatic heterocycles. The maximum Gasteiger partial charge on any atom is 0.138 e. The zero-order valence-electron chi connectivity index (χ0n) is 8.68. The van der Waals surface area contributed by atoms with Crippen LogP contribution < -0.4 is 4.74 Å². The van der Waals surface area contributed by atoms with Gasteiger partial charge in [0.25, 0.3) is 0 Å². The SMILES string of the molecule is C/C=C/COc1cnc2ccccc2c1. The number of hydrogen-bond donors (Lipinski definition) is 0. The number of allylic oxidation sites excluding steroid dienone is 1. The number of ether oxygens (including phenoxy) is 1. The van der Waals surface area contributed by atoms with Crippen LogP contribution in [0.5, 0.6) is 5.75 Å². The normalized spacial score (nSPS) is 11.0. The van der Waals surface area contributed by atoms with E-state index in [0.29, 0.717) is 6.61 Å². The maximum atomic E-state index is 5.51. The monoisotopic (exact) mass is 199 g/mol. The molecular formula is C13H13NO. The molecule has 0 bridgehead atoms. The quantitative estimate of drug-likeness (QED) is 0.708. The fraction of sp³-hybridized carbons (Fsp3) is 0.154. The summed E-state index contributed by atoms with van der Waals surface area (Å²) in [5, 5.41) is 1.11. The first-order valence-corrected chi connectivity index (χ1v) is 4.99. The van der Waals surface area contributed by atoms with Crippen molar-refractivity contribution in [2.24, 2.45) is 0 Å². The van der Waals surface area contributed by atoms with Crippen molar-refractivity contribution < 1.29 is 4.74 Å². The van der Waals surface area contributed by atoms with Gasteiger partial charge in [-0.1, -0.05) is 30.4 Å². The smallest absolute Gasteiger partial charge is 0.138 e. The second kappa shape index (κ2) is 4.60. The van der Waals surface area contributed by atoms with Gasteiger partial charge >= 0.3 is 0 Å². The standard InChI is InChI=1S/C13H13NO/c1-2-3-8-15-12-9-11-6-4-5-7-13(11)14-10-12/h2-7,9-10H,8H2,1H3/b3-2+. The van der Waals surface area contributed by atoms with E-state index in [1.54, 1.807) is 6.20 Å². The molecule has 0 atom stereocenters. The highest BCUT2D eigenvalue weighted by Crippen LogP contribution is 2.17. The summed E-state index contributed by atoms with van der Waals surface area (Å²) >= 11 is 0. The van der Waals surface area contributed by atoms with Crippen molar-refractivity contribution in [2.45, 2.75) is 6.92 Å². The number of pyridine rings is 1. The van der Waals surface area contributed by atoms with E-state index in [2.05, 4.69) is 4.98 Å². The van der Waals surface area contributed by atoms with Gasteiger partial charge in [-0.15, -0.1) is 0 Å². The molecule has 15 heavy (non-hydrogen) atoms. The Morgan fingerprint density at radius 2 is 2.20 bits per heavy atom. The Balaban J connectivity index is 2.23. The summed E-state index contributed by atoms with van der Waals surface area (Å²) in [5.74, 6) is 0.812. The molecule has 0 aliphatic rings. The van der Waals surface area contributed by atoms with Crippen molar-refractivity contribution in [3.05, 3.63) is 48.7 Å². The lowest BCUT2D eigenvalue weighted by atomic mass is 10.2. The zero-order valence-corrected chi connectivity index (χ0v) is 8.68. The van der Waals surface area contributed by atoms with Crippen LogP contribution in [0.2, 0.25) is 0 Å². The Morgan fingerprint density at radius 3 is 3.07 bits per heavy atom. The second-order valence-corrected chi connectivity index (χ2v) is 3.24. The Labute approximate surface area is 89.2 Å². The molecule has 2 heteroatoms. The van der Waals surface area contributed by atoms with E-state index in [-0.39, 0.29) is 0 Å². The molecule has 2 nitrogen and oxygen atoms in total. The Bertz CT molecular complexity index is 477. The van der Waals surface area contributed by atoms with E-state index < -0.39 is 0 Å². The summed E-state index contributed by atoms with van der Waals surface area (Å²) < 4.78 is 5.51. The highest BCUT2D eigenvalue weighted by atomic mass is 16.5. The van der Waals surface area contributed by atoms with Crippen LogP contribution in [0.25, 0.3) is 10.9 Å². The number of aromatic nitrogens is 1. The second-order valence-electron chi connectivity index (χ2n) is 3.24. The van der Waals surface area contributed by atoms with Gasteiger partial charge in [0.15, 0.2) is 0 Å². The van der Waals surface area contributed by atoms with Crippen LogP contribution in [0.3, 0.4) is 0 Å². The van der Waals surface area contributed by atoms with E-state index in [1.807, 2.05) is 49.4 Å². The van der Waals surface area contributed by atoms with Crippen LogP contribution in [-0.4, -0.2) is 11.6 Å². The number of benzene rings is 1. The van der Waals surface area contributed by atoms with Crippen molar-refractivity contribution in [3.63, 3.8) is 0 Å². The first kappa shape index (κ1) is 9.71. The molecule has 0 aliphatic heterocycles. The molecule has 0 unspecified atom stereocenters. The van der Waals surface area contributed by atoms with Gasteiger partial charge in [-0.25, -0.2) is 0 Å². The molecule has 0 fully saturated rings. The third-order valence-electron chi connectivity index (χ3n) is 2.15. The summed E-state index contributed by atoms with van der Waals surface area (Å²) in [6.45, 7) is 2.57. The minimum absolute atomic E-state index is 0.594. The largest absolute Gasteiger partial charge is 0.488 e. The van der Waals surface area contributed by atoms with Gasteiger partial charge in [0.1, 0.15) is 12.4 Å². The molecule has 0 N–H and O–H groups in total. The third kappa shape index (κ3) is 2.34. The maximum absolute atomic E-state index is 5.51. The number of fused-ring (bicyclic) bond motifs is 1. The van der Waals surface area contributed by atoms with Crippen LogP contribution in [0.15, 0.2) is 48.7 Å². The molecule has 1 heterocycles. The van der Waals surface area contributed by atoms with Gasteiger partial charge in [-0.05, 0) is 19.1 Å². The fourth-order valence-corrected chi connectivity index (χ4v) is 1.37. The molecule has 0 radical (unpaired) electrons. The first-order chi connectivity index (χ1) is 7.40. The number of hydrogen-bond acceptors (Lipinski definition) is 2. The summed E-state index contributed by atoms with van der Waals surface area (Å²) in [6.07, 6.45) is 5.69. The molecule has 76 valence electrons. The molecular weight excluding hydrogens is 186 g/mol. The van der Waals surface area contributed by atoms with Gasteiger partial charge in [-0.3, -0.25) is 4.98 Å². The number of para-hydroxylation sites is 1. The molecule has 2 rings (SSSR count). The summed E-state index contributed by atoms with van der Waals surface area (Å²) in [7, 11) is 0. The highest BCUT2D eigenvalue weighted by Gasteiger charge is 1.96. The predicted octanol–water partition coefficient (Wildman–Crippen LogP) is 3.19. The van der Waals surface area contributed by atoms with E-state index in [4.69, 9.17) is 4.74 Å². The molecule has 2 aromatic rings. The lowest BCUT2D eigenvalue weighted by Gasteiger charge is -2.03. The van der Waals surface area contributed by atoms with Crippen molar-refractivity contribution in [3.8, 4) is 5.75 Å². The topological polar surface area (TPSA) is 22.1 Å². The van der Waals surface area contributed by atoms with Gasteiger partial charge in [0.05, 0.1) is 11.7 Å². The first-order valence-electron chi connectivity index (χ1n) is 4.99. The van der Waals surface area contributed by atoms with Crippen molar-refractivity contribution in [1.82, 2.24) is 4.98 Å². The highest BCUT2D eigenvalue weighted by molar-refractivity contribution is 5.79. The summed E-state index contributed by atoms with van der Waals surface area (Å²) in [6, 6.07) is 10.0. The Kier molecular flexibility index (Phi) is 2.98. The molecule has 0 aliphatic carbocycles. The van der Waals surface area contributed by atoms with E-state index in [9.17, 15) is 0 Å². The molecule has 1 aromatic carbocycles. The predicted molar refractivity (Wildman–Crippen MR) is 62.1 cm³/mol. The van der Waals surface area contributed by atoms with E-state index in [1.165, 1.54) is 0 Å². The lowest BCUT2D eigenvalue weighted by molar-refractivity contribution is 0.362. The van der Waals surface area contributed by atoms with E-state index in [0.717, 1.165) is 16.7 Å². The minimum atomic E-state index is 0.594. The summed E-state index contributed by atoms with van der Waals surface area (Å²) in [5.41, 5.74) is 0.996. The summed E-state index contributed by atoms with van der Waals surface area (Å²) in [4.78, 5) is 4.31.